The Morgan fingerprint density at radius 2 is 2.00 bits per heavy atom. The zero-order valence-corrected chi connectivity index (χ0v) is 17.8. The molecule has 1 atom stereocenters. The van der Waals surface area contributed by atoms with Gasteiger partial charge < -0.3 is 15.8 Å². The van der Waals surface area contributed by atoms with Crippen LogP contribution in [0.1, 0.15) is 55.2 Å². The lowest BCUT2D eigenvalue weighted by atomic mass is 9.68. The maximum atomic E-state index is 13.1. The van der Waals surface area contributed by atoms with Crippen LogP contribution in [0.5, 0.6) is 0 Å². The molecule has 1 aromatic carbocycles. The molecule has 0 aliphatic heterocycles. The van der Waals surface area contributed by atoms with Gasteiger partial charge >= 0.3 is 5.97 Å². The van der Waals surface area contributed by atoms with E-state index in [1.54, 1.807) is 0 Å². The summed E-state index contributed by atoms with van der Waals surface area (Å²) in [5.74, 6) is -1.34. The number of pyridine rings is 1. The summed E-state index contributed by atoms with van der Waals surface area (Å²) in [6.07, 6.45) is 3.65. The fraction of sp³-hybridized carbons (Fsp3) is 0.478. The molecule has 7 heteroatoms. The average Bonchev–Trinajstić information content (AvgIpc) is 2.73. The van der Waals surface area contributed by atoms with Gasteiger partial charge in [-0.15, -0.1) is 0 Å². The summed E-state index contributed by atoms with van der Waals surface area (Å²) < 4.78 is 5.31. The van der Waals surface area contributed by atoms with E-state index in [-0.39, 0.29) is 12.0 Å². The maximum Gasteiger partial charge on any atom is 0.339 e. The topological polar surface area (TPSA) is 111 Å². The summed E-state index contributed by atoms with van der Waals surface area (Å²) in [4.78, 5) is 40.5. The number of primary amides is 1. The summed E-state index contributed by atoms with van der Waals surface area (Å²) in [6, 6.07) is 7.50. The molecule has 3 N–H and O–H groups in total. The average molecular weight is 412 g/mol. The first kappa shape index (κ1) is 21.7. The minimum absolute atomic E-state index is 0.152. The van der Waals surface area contributed by atoms with Gasteiger partial charge in [0.1, 0.15) is 0 Å². The van der Waals surface area contributed by atoms with Gasteiger partial charge in [0.15, 0.2) is 6.61 Å². The molecule has 1 heterocycles. The number of nitrogens with two attached hydrogens (primary N) is 1. The van der Waals surface area contributed by atoms with E-state index in [4.69, 9.17) is 15.5 Å². The molecule has 3 rings (SSSR count). The molecule has 0 spiro atoms. The number of hydrogen-bond acceptors (Lipinski definition) is 5. The second-order valence-electron chi connectivity index (χ2n) is 8.53. The minimum Gasteiger partial charge on any atom is -0.452 e. The Hall–Kier alpha value is -2.96. The highest BCUT2D eigenvalue weighted by molar-refractivity contribution is 6.05. The number of nitrogens with one attached hydrogen (secondary N) is 1. The number of rotatable bonds is 7. The van der Waals surface area contributed by atoms with Crippen LogP contribution < -0.4 is 11.1 Å². The monoisotopic (exact) mass is 411 g/mol. The largest absolute Gasteiger partial charge is 0.452 e. The van der Waals surface area contributed by atoms with Gasteiger partial charge in [0.2, 0.25) is 5.91 Å². The number of nitrogens with zero attached hydrogens (tertiary/aromatic N) is 1. The lowest BCUT2D eigenvalue weighted by Crippen LogP contribution is -2.36. The van der Waals surface area contributed by atoms with Crippen LogP contribution in [0.25, 0.3) is 10.9 Å². The Labute approximate surface area is 176 Å². The lowest BCUT2D eigenvalue weighted by molar-refractivity contribution is -0.127. The van der Waals surface area contributed by atoms with Crippen LogP contribution in [0.4, 0.5) is 0 Å². The molecule has 1 aliphatic rings. The van der Waals surface area contributed by atoms with Crippen molar-refractivity contribution in [2.24, 2.45) is 17.1 Å². The summed E-state index contributed by atoms with van der Waals surface area (Å²) in [5.41, 5.74) is 8.27. The van der Waals surface area contributed by atoms with Crippen molar-refractivity contribution in [2.45, 2.75) is 46.5 Å². The van der Waals surface area contributed by atoms with Crippen molar-refractivity contribution in [1.29, 1.82) is 0 Å². The van der Waals surface area contributed by atoms with Crippen LogP contribution >= 0.6 is 0 Å². The number of aryl methyl sites for hydroxylation is 1. The molecule has 1 aromatic heterocycles. The molecule has 30 heavy (non-hydrogen) atoms. The van der Waals surface area contributed by atoms with Gasteiger partial charge in [0.25, 0.3) is 5.91 Å². The van der Waals surface area contributed by atoms with E-state index in [1.165, 1.54) is 0 Å². The molecule has 0 fully saturated rings. The fourth-order valence-corrected chi connectivity index (χ4v) is 4.02. The smallest absolute Gasteiger partial charge is 0.339 e. The predicted molar refractivity (Wildman–Crippen MR) is 114 cm³/mol. The first-order valence-corrected chi connectivity index (χ1v) is 10.4. The zero-order chi connectivity index (χ0) is 21.9. The third kappa shape index (κ3) is 4.61. The number of para-hydroxylation sites is 1. The first-order chi connectivity index (χ1) is 14.2. The van der Waals surface area contributed by atoms with Crippen molar-refractivity contribution < 1.29 is 19.1 Å². The highest BCUT2D eigenvalue weighted by Gasteiger charge is 2.34. The summed E-state index contributed by atoms with van der Waals surface area (Å²) in [5, 5.41) is 3.05. The van der Waals surface area contributed by atoms with E-state index in [2.05, 4.69) is 26.1 Å². The van der Waals surface area contributed by atoms with Crippen molar-refractivity contribution in [2.75, 3.05) is 13.2 Å². The third-order valence-corrected chi connectivity index (χ3v) is 6.27. The van der Waals surface area contributed by atoms with Crippen molar-refractivity contribution >= 4 is 28.7 Å². The minimum atomic E-state index is -0.659. The number of carbonyl (C=O) groups is 3. The summed E-state index contributed by atoms with van der Waals surface area (Å²) in [6.45, 7) is 5.95. The van der Waals surface area contributed by atoms with Gasteiger partial charge in [-0.1, -0.05) is 45.4 Å². The van der Waals surface area contributed by atoms with E-state index >= 15 is 0 Å². The number of benzene rings is 1. The van der Waals surface area contributed by atoms with Crippen LogP contribution in [0.15, 0.2) is 24.3 Å². The van der Waals surface area contributed by atoms with E-state index in [9.17, 15) is 14.4 Å². The van der Waals surface area contributed by atoms with Crippen molar-refractivity contribution in [3.63, 3.8) is 0 Å². The first-order valence-electron chi connectivity index (χ1n) is 10.4. The van der Waals surface area contributed by atoms with Crippen LogP contribution in [0.3, 0.4) is 0 Å². The van der Waals surface area contributed by atoms with Gasteiger partial charge in [-0.25, -0.2) is 4.79 Å². The number of esters is 1. The molecular formula is C23H29N3O4. The van der Waals surface area contributed by atoms with E-state index < -0.39 is 24.4 Å². The van der Waals surface area contributed by atoms with E-state index in [1.807, 2.05) is 24.3 Å². The molecular weight excluding hydrogens is 382 g/mol. The number of aromatic nitrogens is 1. The summed E-state index contributed by atoms with van der Waals surface area (Å²) >= 11 is 0. The van der Waals surface area contributed by atoms with Gasteiger partial charge in [-0.05, 0) is 42.2 Å². The molecule has 0 bridgehead atoms. The summed E-state index contributed by atoms with van der Waals surface area (Å²) in [7, 11) is 0. The van der Waals surface area contributed by atoms with Crippen LogP contribution in [0, 0.1) is 11.3 Å². The lowest BCUT2D eigenvalue weighted by Gasteiger charge is -2.37. The Bertz CT molecular complexity index is 984. The third-order valence-electron chi connectivity index (χ3n) is 6.27. The van der Waals surface area contributed by atoms with Crippen LogP contribution in [-0.4, -0.2) is 35.9 Å². The number of ether oxygens (including phenoxy) is 1. The van der Waals surface area contributed by atoms with E-state index in [0.717, 1.165) is 47.8 Å². The standard InChI is InChI=1S/C23H29N3O4/c1-4-23(2,3)14-9-10-18-16(11-14)21(15-7-5-6-8-17(15)26-18)22(29)30-13-20(28)25-12-19(24)27/h5-8,14H,4,9-13H2,1-3H3,(H2,24,27)(H,25,28)/t14-/m0/s1. The second kappa shape index (κ2) is 8.81. The Morgan fingerprint density at radius 3 is 2.70 bits per heavy atom. The Morgan fingerprint density at radius 1 is 1.27 bits per heavy atom. The highest BCUT2D eigenvalue weighted by Crippen LogP contribution is 2.41. The highest BCUT2D eigenvalue weighted by atomic mass is 16.5. The van der Waals surface area contributed by atoms with Crippen molar-refractivity contribution in [3.8, 4) is 0 Å². The quantitative estimate of drug-likeness (QED) is 0.680. The van der Waals surface area contributed by atoms with Gasteiger partial charge in [-0.3, -0.25) is 14.6 Å². The van der Waals surface area contributed by atoms with Crippen LogP contribution in [0.2, 0.25) is 0 Å². The predicted octanol–water partition coefficient (Wildman–Crippen LogP) is 2.53. The molecule has 0 saturated carbocycles. The SMILES string of the molecule is CCC(C)(C)[C@H]1CCc2nc3ccccc3c(C(=O)OCC(=O)NCC(N)=O)c2C1. The fourth-order valence-electron chi connectivity index (χ4n) is 4.02. The zero-order valence-electron chi connectivity index (χ0n) is 17.8. The Kier molecular flexibility index (Phi) is 6.39. The molecule has 1 aliphatic carbocycles. The molecule has 0 unspecified atom stereocenters. The molecule has 160 valence electrons. The molecule has 2 aromatic rings. The molecule has 0 saturated heterocycles. The van der Waals surface area contributed by atoms with Crippen molar-refractivity contribution in [1.82, 2.24) is 10.3 Å². The second-order valence-corrected chi connectivity index (χ2v) is 8.53. The molecule has 0 radical (unpaired) electrons. The van der Waals surface area contributed by atoms with Gasteiger partial charge in [-0.2, -0.15) is 0 Å². The normalized spacial score (nSPS) is 16.0. The number of carbonyl (C=O) groups excluding carboxylic acids is 3. The number of amides is 2. The molecule has 7 nitrogen and oxygen atoms in total. The Balaban J connectivity index is 1.92. The van der Waals surface area contributed by atoms with Crippen molar-refractivity contribution in [3.05, 3.63) is 41.1 Å². The van der Waals surface area contributed by atoms with Crippen LogP contribution in [-0.2, 0) is 27.2 Å². The number of fused-ring (bicyclic) bond motifs is 2. The molecule has 2 amide bonds. The number of hydrogen-bond donors (Lipinski definition) is 2. The van der Waals surface area contributed by atoms with Gasteiger partial charge in [0, 0.05) is 11.1 Å². The van der Waals surface area contributed by atoms with Gasteiger partial charge in [0.05, 0.1) is 17.6 Å². The maximum absolute atomic E-state index is 13.1. The van der Waals surface area contributed by atoms with E-state index in [0.29, 0.717) is 11.5 Å².